The van der Waals surface area contributed by atoms with Crippen LogP contribution in [-0.2, 0) is 24.7 Å². The molecule has 0 bridgehead atoms. The van der Waals surface area contributed by atoms with Crippen molar-refractivity contribution < 1.29 is 23.9 Å². The zero-order valence-electron chi connectivity index (χ0n) is 20.7. The minimum absolute atomic E-state index is 0.165. The lowest BCUT2D eigenvalue weighted by molar-refractivity contribution is -0.156. The van der Waals surface area contributed by atoms with Gasteiger partial charge in [0.2, 0.25) is 0 Å². The maximum atomic E-state index is 13.2. The summed E-state index contributed by atoms with van der Waals surface area (Å²) in [6, 6.07) is 8.80. The van der Waals surface area contributed by atoms with Crippen LogP contribution in [0.15, 0.2) is 30.3 Å². The van der Waals surface area contributed by atoms with Crippen molar-refractivity contribution in [3.05, 3.63) is 35.9 Å². The van der Waals surface area contributed by atoms with E-state index in [9.17, 15) is 19.2 Å². The molecular weight excluding hydrogens is 446 g/mol. The minimum Gasteiger partial charge on any atom is -0.454 e. The Morgan fingerprint density at radius 3 is 2.09 bits per heavy atom. The van der Waals surface area contributed by atoms with E-state index in [1.165, 1.54) is 12.8 Å². The summed E-state index contributed by atoms with van der Waals surface area (Å²) >= 11 is 0. The predicted molar refractivity (Wildman–Crippen MR) is 130 cm³/mol. The molecule has 0 spiro atoms. The van der Waals surface area contributed by atoms with Gasteiger partial charge in [0.25, 0.3) is 11.8 Å². The highest BCUT2D eigenvalue weighted by molar-refractivity contribution is 6.09. The fourth-order valence-corrected chi connectivity index (χ4v) is 5.95. The minimum atomic E-state index is -1.20. The molecule has 8 heteroatoms. The van der Waals surface area contributed by atoms with E-state index in [0.717, 1.165) is 56.3 Å². The molecule has 1 N–H and O–H groups in total. The monoisotopic (exact) mass is 483 g/mol. The van der Waals surface area contributed by atoms with Gasteiger partial charge in [0, 0.05) is 12.1 Å². The first kappa shape index (κ1) is 25.2. The van der Waals surface area contributed by atoms with Crippen molar-refractivity contribution in [2.75, 3.05) is 13.2 Å². The van der Waals surface area contributed by atoms with Crippen molar-refractivity contribution in [2.45, 2.75) is 95.2 Å². The normalized spacial score (nSPS) is 23.7. The number of amides is 4. The van der Waals surface area contributed by atoms with E-state index in [-0.39, 0.29) is 24.6 Å². The third-order valence-corrected chi connectivity index (χ3v) is 7.84. The van der Waals surface area contributed by atoms with Gasteiger partial charge < -0.3 is 15.0 Å². The SMILES string of the molecule is CCC1(c2ccccc2)NC(=O)N(CC(=O)OCC(=O)N(C2CCCCC2)C2CCCCC2)C1=O. The van der Waals surface area contributed by atoms with E-state index in [1.54, 1.807) is 24.3 Å². The average molecular weight is 484 g/mol. The van der Waals surface area contributed by atoms with Crippen LogP contribution in [-0.4, -0.2) is 58.8 Å². The van der Waals surface area contributed by atoms with Crippen molar-refractivity contribution in [3.8, 4) is 0 Å². The van der Waals surface area contributed by atoms with Crippen LogP contribution >= 0.6 is 0 Å². The van der Waals surface area contributed by atoms with E-state index in [4.69, 9.17) is 4.74 Å². The number of hydrogen-bond donors (Lipinski definition) is 1. The van der Waals surface area contributed by atoms with Crippen LogP contribution in [0.3, 0.4) is 0 Å². The van der Waals surface area contributed by atoms with Gasteiger partial charge in [-0.15, -0.1) is 0 Å². The molecule has 1 unspecified atom stereocenters. The molecule has 190 valence electrons. The summed E-state index contributed by atoms with van der Waals surface area (Å²) in [5, 5.41) is 2.76. The summed E-state index contributed by atoms with van der Waals surface area (Å²) in [6.45, 7) is 0.948. The molecule has 1 heterocycles. The van der Waals surface area contributed by atoms with Gasteiger partial charge in [0.05, 0.1) is 0 Å². The molecule has 2 aliphatic carbocycles. The summed E-state index contributed by atoms with van der Waals surface area (Å²) in [6.07, 6.45) is 11.2. The van der Waals surface area contributed by atoms with Gasteiger partial charge in [-0.05, 0) is 37.7 Å². The number of imide groups is 1. The Bertz CT molecular complexity index is 906. The van der Waals surface area contributed by atoms with Gasteiger partial charge in [-0.1, -0.05) is 75.8 Å². The van der Waals surface area contributed by atoms with Crippen molar-refractivity contribution in [2.24, 2.45) is 0 Å². The van der Waals surface area contributed by atoms with E-state index in [0.29, 0.717) is 12.0 Å². The molecule has 0 radical (unpaired) electrons. The number of carbonyl (C=O) groups is 4. The van der Waals surface area contributed by atoms with Gasteiger partial charge in [0.15, 0.2) is 6.61 Å². The van der Waals surface area contributed by atoms with Crippen molar-refractivity contribution >= 4 is 23.8 Å². The summed E-state index contributed by atoms with van der Waals surface area (Å²) in [4.78, 5) is 54.6. The van der Waals surface area contributed by atoms with E-state index >= 15 is 0 Å². The zero-order valence-corrected chi connectivity index (χ0v) is 20.7. The molecular formula is C27H37N3O5. The first-order valence-electron chi connectivity index (χ1n) is 13.1. The molecule has 1 saturated heterocycles. The molecule has 3 fully saturated rings. The summed E-state index contributed by atoms with van der Waals surface area (Å²) in [5.74, 6) is -1.40. The summed E-state index contributed by atoms with van der Waals surface area (Å²) in [5.41, 5.74) is -0.532. The second kappa shape index (κ2) is 11.2. The van der Waals surface area contributed by atoms with Gasteiger partial charge in [-0.25, -0.2) is 4.79 Å². The Labute approximate surface area is 207 Å². The molecule has 1 atom stereocenters. The van der Waals surface area contributed by atoms with Crippen LogP contribution in [0.5, 0.6) is 0 Å². The Balaban J connectivity index is 1.38. The molecule has 1 aliphatic heterocycles. The third kappa shape index (κ3) is 5.36. The number of carbonyl (C=O) groups excluding carboxylic acids is 4. The number of ether oxygens (including phenoxy) is 1. The molecule has 4 rings (SSSR count). The van der Waals surface area contributed by atoms with Crippen LogP contribution in [0.4, 0.5) is 4.79 Å². The average Bonchev–Trinajstić information content (AvgIpc) is 3.14. The highest BCUT2D eigenvalue weighted by atomic mass is 16.5. The number of urea groups is 1. The fraction of sp³-hybridized carbons (Fsp3) is 0.630. The lowest BCUT2D eigenvalue weighted by atomic mass is 9.87. The first-order chi connectivity index (χ1) is 17.0. The van der Waals surface area contributed by atoms with E-state index in [2.05, 4.69) is 5.32 Å². The number of nitrogens with zero attached hydrogens (tertiary/aromatic N) is 2. The predicted octanol–water partition coefficient (Wildman–Crippen LogP) is 3.88. The van der Waals surface area contributed by atoms with Gasteiger partial charge in [-0.2, -0.15) is 0 Å². The van der Waals surface area contributed by atoms with Crippen LogP contribution in [0.2, 0.25) is 0 Å². The lowest BCUT2D eigenvalue weighted by Gasteiger charge is -2.41. The maximum Gasteiger partial charge on any atom is 0.326 e. The zero-order chi connectivity index (χ0) is 24.8. The first-order valence-corrected chi connectivity index (χ1v) is 13.1. The number of esters is 1. The summed E-state index contributed by atoms with van der Waals surface area (Å²) < 4.78 is 5.33. The summed E-state index contributed by atoms with van der Waals surface area (Å²) in [7, 11) is 0. The van der Waals surface area contributed by atoms with Gasteiger partial charge >= 0.3 is 12.0 Å². The van der Waals surface area contributed by atoms with Crippen LogP contribution < -0.4 is 5.32 Å². The Hall–Kier alpha value is -2.90. The van der Waals surface area contributed by atoms with Gasteiger partial charge in [-0.3, -0.25) is 19.3 Å². The molecule has 1 aromatic rings. The van der Waals surface area contributed by atoms with Crippen molar-refractivity contribution in [3.63, 3.8) is 0 Å². The standard InChI is InChI=1S/C27H37N3O5/c1-2-27(20-12-6-3-7-13-20)25(33)29(26(34)28-27)18-24(32)35-19-23(31)30(21-14-8-4-9-15-21)22-16-10-5-11-17-22/h3,6-7,12-13,21-22H,2,4-5,8-11,14-19H2,1H3,(H,28,34). The van der Waals surface area contributed by atoms with Crippen LogP contribution in [0, 0.1) is 0 Å². The highest BCUT2D eigenvalue weighted by Crippen LogP contribution is 2.33. The second-order valence-corrected chi connectivity index (χ2v) is 9.99. The lowest BCUT2D eigenvalue weighted by Crippen LogP contribution is -2.50. The van der Waals surface area contributed by atoms with E-state index in [1.807, 2.05) is 17.9 Å². The molecule has 35 heavy (non-hydrogen) atoms. The van der Waals surface area contributed by atoms with E-state index < -0.39 is 30.0 Å². The molecule has 0 aromatic heterocycles. The van der Waals surface area contributed by atoms with Crippen molar-refractivity contribution in [1.29, 1.82) is 0 Å². The molecule has 2 saturated carbocycles. The molecule has 3 aliphatic rings. The highest BCUT2D eigenvalue weighted by Gasteiger charge is 2.51. The molecule has 8 nitrogen and oxygen atoms in total. The second-order valence-electron chi connectivity index (χ2n) is 9.99. The van der Waals surface area contributed by atoms with Crippen molar-refractivity contribution in [1.82, 2.24) is 15.1 Å². The third-order valence-electron chi connectivity index (χ3n) is 7.84. The number of hydrogen-bond acceptors (Lipinski definition) is 5. The number of benzene rings is 1. The molecule has 1 aromatic carbocycles. The Morgan fingerprint density at radius 2 is 1.54 bits per heavy atom. The molecule has 4 amide bonds. The van der Waals surface area contributed by atoms with Crippen LogP contribution in [0.25, 0.3) is 0 Å². The smallest absolute Gasteiger partial charge is 0.326 e. The largest absolute Gasteiger partial charge is 0.454 e. The topological polar surface area (TPSA) is 96.0 Å². The Morgan fingerprint density at radius 1 is 0.971 bits per heavy atom. The Kier molecular flexibility index (Phi) is 8.08. The quantitative estimate of drug-likeness (QED) is 0.447. The van der Waals surface area contributed by atoms with Crippen LogP contribution in [0.1, 0.15) is 83.1 Å². The number of rotatable bonds is 8. The van der Waals surface area contributed by atoms with Gasteiger partial charge in [0.1, 0.15) is 12.1 Å². The fourth-order valence-electron chi connectivity index (χ4n) is 5.95. The number of nitrogens with one attached hydrogen (secondary N) is 1. The maximum absolute atomic E-state index is 13.2.